The monoisotopic (exact) mass is 390 g/mol. The number of carbonyl (C=O) groups is 1. The first-order valence-electron chi connectivity index (χ1n) is 7.22. The second-order valence-corrected chi connectivity index (χ2v) is 7.07. The number of hydrogen-bond acceptors (Lipinski definition) is 3. The van der Waals surface area contributed by atoms with E-state index in [2.05, 4.69) is 4.72 Å². The molecule has 0 unspecified atom stereocenters. The van der Waals surface area contributed by atoms with Gasteiger partial charge >= 0.3 is 6.18 Å². The number of benzene rings is 2. The van der Waals surface area contributed by atoms with Gasteiger partial charge in [0.2, 0.25) is 0 Å². The number of halogens is 4. The van der Waals surface area contributed by atoms with Gasteiger partial charge < -0.3 is 5.32 Å². The number of carbonyl (C=O) groups excluding carboxylic acids is 1. The summed E-state index contributed by atoms with van der Waals surface area (Å²) < 4.78 is 76.4. The first kappa shape index (κ1) is 19.7. The fourth-order valence-corrected chi connectivity index (χ4v) is 3.10. The molecule has 26 heavy (non-hydrogen) atoms. The normalized spacial score (nSPS) is 11.9. The smallest absolute Gasteiger partial charge is 0.343 e. The molecular formula is C16H14F4N2O3S. The molecule has 2 rings (SSSR count). The van der Waals surface area contributed by atoms with Crippen LogP contribution in [0.4, 0.5) is 23.2 Å². The number of rotatable bonds is 5. The first-order valence-corrected chi connectivity index (χ1v) is 8.70. The molecule has 10 heteroatoms. The molecular weight excluding hydrogens is 376 g/mol. The Morgan fingerprint density at radius 3 is 2.27 bits per heavy atom. The van der Waals surface area contributed by atoms with E-state index in [0.29, 0.717) is 5.56 Å². The predicted molar refractivity (Wildman–Crippen MR) is 86.8 cm³/mol. The predicted octanol–water partition coefficient (Wildman–Crippen LogP) is 3.23. The van der Waals surface area contributed by atoms with Crippen molar-refractivity contribution in [1.82, 2.24) is 5.32 Å². The molecule has 0 bridgehead atoms. The number of hydrogen-bond donors (Lipinski definition) is 2. The third-order valence-electron chi connectivity index (χ3n) is 3.32. The number of alkyl halides is 3. The van der Waals surface area contributed by atoms with Crippen LogP contribution in [0.1, 0.15) is 15.9 Å². The summed E-state index contributed by atoms with van der Waals surface area (Å²) in [6, 6.07) is 7.91. The van der Waals surface area contributed by atoms with Gasteiger partial charge in [-0.2, -0.15) is 13.2 Å². The van der Waals surface area contributed by atoms with E-state index in [1.165, 1.54) is 12.1 Å². The minimum atomic E-state index is -4.55. The molecule has 5 nitrogen and oxygen atoms in total. The lowest BCUT2D eigenvalue weighted by Gasteiger charge is -2.11. The quantitative estimate of drug-likeness (QED) is 0.770. The first-order chi connectivity index (χ1) is 12.0. The van der Waals surface area contributed by atoms with Crippen molar-refractivity contribution in [2.24, 2.45) is 0 Å². The van der Waals surface area contributed by atoms with E-state index in [4.69, 9.17) is 0 Å². The van der Waals surface area contributed by atoms with Gasteiger partial charge in [0.15, 0.2) is 0 Å². The van der Waals surface area contributed by atoms with Gasteiger partial charge in [-0.25, -0.2) is 12.8 Å². The van der Waals surface area contributed by atoms with Crippen LogP contribution < -0.4 is 10.0 Å². The number of sulfonamides is 1. The van der Waals surface area contributed by atoms with E-state index >= 15 is 0 Å². The average molecular weight is 390 g/mol. The van der Waals surface area contributed by atoms with Crippen molar-refractivity contribution in [1.29, 1.82) is 0 Å². The summed E-state index contributed by atoms with van der Waals surface area (Å²) in [7, 11) is -4.06. The maximum atomic E-state index is 13.3. The Morgan fingerprint density at radius 2 is 1.69 bits per heavy atom. The molecule has 1 amide bonds. The zero-order chi connectivity index (χ0) is 19.5. The highest BCUT2D eigenvalue weighted by Crippen LogP contribution is 2.21. The number of aryl methyl sites for hydroxylation is 1. The highest BCUT2D eigenvalue weighted by atomic mass is 32.2. The van der Waals surface area contributed by atoms with Gasteiger partial charge in [-0.05, 0) is 48.9 Å². The third-order valence-corrected chi connectivity index (χ3v) is 4.70. The Hall–Kier alpha value is -2.62. The van der Waals surface area contributed by atoms with E-state index in [-0.39, 0.29) is 16.1 Å². The molecule has 0 heterocycles. The molecule has 2 N–H and O–H groups in total. The van der Waals surface area contributed by atoms with E-state index < -0.39 is 34.5 Å². The number of amides is 1. The zero-order valence-corrected chi connectivity index (χ0v) is 14.2. The lowest BCUT2D eigenvalue weighted by Crippen LogP contribution is -2.33. The highest BCUT2D eigenvalue weighted by molar-refractivity contribution is 7.92. The van der Waals surface area contributed by atoms with Gasteiger partial charge in [0.1, 0.15) is 12.4 Å². The summed E-state index contributed by atoms with van der Waals surface area (Å²) in [6.45, 7) is 0.0949. The van der Waals surface area contributed by atoms with Gasteiger partial charge in [0, 0.05) is 5.56 Å². The Kier molecular flexibility index (Phi) is 5.55. The van der Waals surface area contributed by atoms with Crippen molar-refractivity contribution in [3.05, 3.63) is 59.4 Å². The molecule has 0 radical (unpaired) electrons. The summed E-state index contributed by atoms with van der Waals surface area (Å²) in [5.74, 6) is -1.61. The van der Waals surface area contributed by atoms with Gasteiger partial charge in [0.05, 0.1) is 10.6 Å². The summed E-state index contributed by atoms with van der Waals surface area (Å²) in [6.07, 6.45) is -4.55. The van der Waals surface area contributed by atoms with Crippen LogP contribution in [-0.2, 0) is 10.0 Å². The topological polar surface area (TPSA) is 75.3 Å². The molecule has 0 aliphatic heterocycles. The molecule has 0 saturated carbocycles. The average Bonchev–Trinajstić information content (AvgIpc) is 2.55. The molecule has 0 aliphatic carbocycles. The molecule has 0 atom stereocenters. The fourth-order valence-electron chi connectivity index (χ4n) is 1.98. The van der Waals surface area contributed by atoms with Crippen LogP contribution in [0.25, 0.3) is 0 Å². The molecule has 0 spiro atoms. The molecule has 2 aromatic carbocycles. The van der Waals surface area contributed by atoms with Crippen molar-refractivity contribution < 1.29 is 30.8 Å². The zero-order valence-electron chi connectivity index (χ0n) is 13.4. The molecule has 0 saturated heterocycles. The summed E-state index contributed by atoms with van der Waals surface area (Å²) in [5.41, 5.74) is 0.422. The van der Waals surface area contributed by atoms with E-state index in [9.17, 15) is 30.8 Å². The van der Waals surface area contributed by atoms with Crippen molar-refractivity contribution in [2.75, 3.05) is 11.3 Å². The van der Waals surface area contributed by atoms with Crippen molar-refractivity contribution in [2.45, 2.75) is 18.0 Å². The third kappa shape index (κ3) is 5.19. The van der Waals surface area contributed by atoms with Crippen LogP contribution in [0.2, 0.25) is 0 Å². The molecule has 0 aliphatic rings. The van der Waals surface area contributed by atoms with Crippen molar-refractivity contribution in [3.63, 3.8) is 0 Å². The van der Waals surface area contributed by atoms with Crippen LogP contribution in [0, 0.1) is 12.7 Å². The second-order valence-electron chi connectivity index (χ2n) is 5.39. The maximum Gasteiger partial charge on any atom is 0.405 e. The Bertz CT molecular complexity index is 910. The Balaban J connectivity index is 2.16. The summed E-state index contributed by atoms with van der Waals surface area (Å²) >= 11 is 0. The molecule has 0 aromatic heterocycles. The lowest BCUT2D eigenvalue weighted by atomic mass is 10.2. The van der Waals surface area contributed by atoms with Crippen LogP contribution in [0.5, 0.6) is 0 Å². The lowest BCUT2D eigenvalue weighted by molar-refractivity contribution is -0.123. The Morgan fingerprint density at radius 1 is 1.08 bits per heavy atom. The second kappa shape index (κ2) is 7.32. The minimum absolute atomic E-state index is 0.0528. The summed E-state index contributed by atoms with van der Waals surface area (Å²) in [4.78, 5) is 11.4. The van der Waals surface area contributed by atoms with Crippen molar-refractivity contribution in [3.8, 4) is 0 Å². The van der Waals surface area contributed by atoms with E-state index in [1.807, 2.05) is 0 Å². The maximum absolute atomic E-state index is 13.3. The SMILES string of the molecule is Cc1ccc(F)cc1NS(=O)(=O)c1ccc(C(=O)NCC(F)(F)F)cc1. The standard InChI is InChI=1S/C16H14F4N2O3S/c1-10-2-5-12(17)8-14(10)22-26(24,25)13-6-3-11(4-7-13)15(23)21-9-16(18,19)20/h2-8,22H,9H2,1H3,(H,21,23). The van der Waals surface area contributed by atoms with Crippen LogP contribution in [0.3, 0.4) is 0 Å². The molecule has 2 aromatic rings. The van der Waals surface area contributed by atoms with E-state index in [0.717, 1.165) is 30.3 Å². The van der Waals surface area contributed by atoms with Crippen molar-refractivity contribution >= 4 is 21.6 Å². The van der Waals surface area contributed by atoms with Crippen LogP contribution >= 0.6 is 0 Å². The number of nitrogens with one attached hydrogen (secondary N) is 2. The van der Waals surface area contributed by atoms with E-state index in [1.54, 1.807) is 12.2 Å². The van der Waals surface area contributed by atoms with Gasteiger partial charge in [-0.15, -0.1) is 0 Å². The van der Waals surface area contributed by atoms with Crippen LogP contribution in [-0.4, -0.2) is 27.0 Å². The Labute approximate surface area is 147 Å². The van der Waals surface area contributed by atoms with Gasteiger partial charge in [-0.3, -0.25) is 9.52 Å². The summed E-state index contributed by atoms with van der Waals surface area (Å²) in [5, 5.41) is 1.68. The minimum Gasteiger partial charge on any atom is -0.343 e. The fraction of sp³-hybridized carbons (Fsp3) is 0.188. The molecule has 140 valence electrons. The van der Waals surface area contributed by atoms with Crippen LogP contribution in [0.15, 0.2) is 47.4 Å². The highest BCUT2D eigenvalue weighted by Gasteiger charge is 2.28. The van der Waals surface area contributed by atoms with Gasteiger partial charge in [-0.1, -0.05) is 6.07 Å². The largest absolute Gasteiger partial charge is 0.405 e. The van der Waals surface area contributed by atoms with Gasteiger partial charge in [0.25, 0.3) is 15.9 Å². The molecule has 0 fully saturated rings. The number of anilines is 1.